The number of nitrogens with zero attached hydrogens (tertiary/aromatic N) is 4. The van der Waals surface area contributed by atoms with Gasteiger partial charge in [-0.05, 0) is 42.5 Å². The molecule has 0 saturated carbocycles. The van der Waals surface area contributed by atoms with Crippen LogP contribution in [0.15, 0.2) is 64.0 Å². The van der Waals surface area contributed by atoms with Gasteiger partial charge in [-0.3, -0.25) is 15.1 Å². The van der Waals surface area contributed by atoms with E-state index in [1.54, 1.807) is 18.2 Å². The molecule has 0 saturated heterocycles. The summed E-state index contributed by atoms with van der Waals surface area (Å²) >= 11 is 0. The Balaban J connectivity index is 1.64. The van der Waals surface area contributed by atoms with Crippen molar-refractivity contribution in [3.63, 3.8) is 0 Å². The first-order valence-electron chi connectivity index (χ1n) is 9.63. The number of phenols is 1. The number of oxazole rings is 1. The van der Waals surface area contributed by atoms with Crippen molar-refractivity contribution in [1.29, 1.82) is 0 Å². The second-order valence-corrected chi connectivity index (χ2v) is 7.21. The molecule has 0 bridgehead atoms. The number of ether oxygens (including phenoxy) is 1. The molecule has 1 N–H and O–H groups in total. The van der Waals surface area contributed by atoms with Gasteiger partial charge in [0.15, 0.2) is 17.1 Å². The highest BCUT2D eigenvalue weighted by Crippen LogP contribution is 2.34. The number of methoxy groups -OCH3 is 1. The number of benzene rings is 3. The molecule has 4 rings (SSSR count). The molecule has 162 valence electrons. The van der Waals surface area contributed by atoms with E-state index in [-0.39, 0.29) is 22.7 Å². The summed E-state index contributed by atoms with van der Waals surface area (Å²) in [6.07, 6.45) is 1.34. The van der Waals surface area contributed by atoms with Crippen LogP contribution in [0.3, 0.4) is 0 Å². The Morgan fingerprint density at radius 1 is 1.16 bits per heavy atom. The van der Waals surface area contributed by atoms with Crippen LogP contribution in [0.25, 0.3) is 22.6 Å². The van der Waals surface area contributed by atoms with Crippen LogP contribution in [0.1, 0.15) is 5.56 Å². The van der Waals surface area contributed by atoms with Gasteiger partial charge in [0.05, 0.1) is 23.8 Å². The van der Waals surface area contributed by atoms with Crippen molar-refractivity contribution >= 4 is 34.4 Å². The number of non-ortho nitro benzene ring substituents is 1. The molecule has 32 heavy (non-hydrogen) atoms. The lowest BCUT2D eigenvalue weighted by molar-refractivity contribution is -0.385. The molecule has 0 aliphatic heterocycles. The third kappa shape index (κ3) is 4.08. The molecule has 0 atom stereocenters. The second-order valence-electron chi connectivity index (χ2n) is 7.21. The normalized spacial score (nSPS) is 11.2. The summed E-state index contributed by atoms with van der Waals surface area (Å²) < 4.78 is 10.9. The van der Waals surface area contributed by atoms with Crippen molar-refractivity contribution in [2.24, 2.45) is 4.99 Å². The fourth-order valence-corrected chi connectivity index (χ4v) is 3.14. The Kier molecular flexibility index (Phi) is 5.46. The van der Waals surface area contributed by atoms with E-state index in [2.05, 4.69) is 9.98 Å². The Hall–Kier alpha value is -4.40. The number of nitro benzene ring substituents is 1. The molecule has 0 spiro atoms. The minimum Gasteiger partial charge on any atom is -0.504 e. The maximum absolute atomic E-state index is 11.1. The van der Waals surface area contributed by atoms with E-state index in [0.29, 0.717) is 22.7 Å². The number of hydrogen-bond acceptors (Lipinski definition) is 8. The number of aliphatic imine (C=N–C) groups is 1. The number of nitro groups is 1. The predicted octanol–water partition coefficient (Wildman–Crippen LogP) is 4.93. The van der Waals surface area contributed by atoms with Gasteiger partial charge in [-0.25, -0.2) is 4.98 Å². The van der Waals surface area contributed by atoms with E-state index in [4.69, 9.17) is 9.15 Å². The van der Waals surface area contributed by atoms with Crippen LogP contribution >= 0.6 is 0 Å². The van der Waals surface area contributed by atoms with Gasteiger partial charge in [0.1, 0.15) is 5.52 Å². The van der Waals surface area contributed by atoms with Gasteiger partial charge in [-0.2, -0.15) is 0 Å². The topological polar surface area (TPSA) is 114 Å². The van der Waals surface area contributed by atoms with E-state index in [0.717, 1.165) is 17.3 Å². The summed E-state index contributed by atoms with van der Waals surface area (Å²) in [5.41, 5.74) is 3.65. The van der Waals surface area contributed by atoms with E-state index in [1.807, 2.05) is 43.3 Å². The highest BCUT2D eigenvalue weighted by molar-refractivity contribution is 5.89. The number of phenolic OH excluding ortho intramolecular Hbond substituents is 1. The fraction of sp³-hybridized carbons (Fsp3) is 0.130. The van der Waals surface area contributed by atoms with E-state index in [9.17, 15) is 15.2 Å². The third-order valence-electron chi connectivity index (χ3n) is 4.87. The number of fused-ring (bicyclic) bond motifs is 1. The molecular weight excluding hydrogens is 412 g/mol. The molecule has 4 aromatic rings. The van der Waals surface area contributed by atoms with Gasteiger partial charge < -0.3 is 19.2 Å². The van der Waals surface area contributed by atoms with Crippen LogP contribution in [-0.2, 0) is 0 Å². The average Bonchev–Trinajstić information content (AvgIpc) is 3.21. The molecule has 0 aliphatic carbocycles. The van der Waals surface area contributed by atoms with E-state index < -0.39 is 4.92 Å². The van der Waals surface area contributed by atoms with Crippen LogP contribution in [-0.4, -0.2) is 42.4 Å². The number of rotatable bonds is 6. The van der Waals surface area contributed by atoms with Gasteiger partial charge in [0.2, 0.25) is 5.89 Å². The number of aromatic nitrogens is 1. The fourth-order valence-electron chi connectivity index (χ4n) is 3.14. The average molecular weight is 432 g/mol. The number of hydrogen-bond donors (Lipinski definition) is 1. The first kappa shape index (κ1) is 20.9. The summed E-state index contributed by atoms with van der Waals surface area (Å²) in [5.74, 6) is 0.262. The zero-order valence-electron chi connectivity index (χ0n) is 17.6. The third-order valence-corrected chi connectivity index (χ3v) is 4.87. The second kappa shape index (κ2) is 8.38. The maximum atomic E-state index is 11.1. The van der Waals surface area contributed by atoms with Crippen molar-refractivity contribution in [1.82, 2.24) is 4.98 Å². The standard InChI is InChI=1S/C23H20N4O5/c1-26(2)17-7-4-14(5-8-17)23-25-19-11-16(6-9-20(19)32-23)24-13-15-10-18(27(29)30)12-21(31-3)22(15)28/h4-13,28H,1-3H3. The quantitative estimate of drug-likeness (QED) is 0.261. The highest BCUT2D eigenvalue weighted by Gasteiger charge is 2.16. The first-order chi connectivity index (χ1) is 15.4. The predicted molar refractivity (Wildman–Crippen MR) is 122 cm³/mol. The van der Waals surface area contributed by atoms with Gasteiger partial charge in [0.25, 0.3) is 5.69 Å². The molecule has 1 aromatic heterocycles. The van der Waals surface area contributed by atoms with Crippen molar-refractivity contribution in [3.8, 4) is 23.0 Å². The molecule has 9 heteroatoms. The monoisotopic (exact) mass is 432 g/mol. The van der Waals surface area contributed by atoms with Crippen molar-refractivity contribution in [3.05, 3.63) is 70.3 Å². The van der Waals surface area contributed by atoms with E-state index >= 15 is 0 Å². The number of anilines is 1. The van der Waals surface area contributed by atoms with Crippen LogP contribution in [0.5, 0.6) is 11.5 Å². The lowest BCUT2D eigenvalue weighted by Crippen LogP contribution is -2.07. The Morgan fingerprint density at radius 2 is 1.91 bits per heavy atom. The SMILES string of the molecule is COc1cc([N+](=O)[O-])cc(C=Nc2ccc3oc(-c4ccc(N(C)C)cc4)nc3c2)c1O. The van der Waals surface area contributed by atoms with Crippen molar-refractivity contribution < 1.29 is 19.2 Å². The first-order valence-corrected chi connectivity index (χ1v) is 9.63. The molecule has 1 heterocycles. The summed E-state index contributed by atoms with van der Waals surface area (Å²) in [6.45, 7) is 0. The molecule has 3 aromatic carbocycles. The maximum Gasteiger partial charge on any atom is 0.274 e. The molecule has 0 fully saturated rings. The molecule has 9 nitrogen and oxygen atoms in total. The molecule has 0 unspecified atom stereocenters. The van der Waals surface area contributed by atoms with Crippen molar-refractivity contribution in [2.75, 3.05) is 26.1 Å². The summed E-state index contributed by atoms with van der Waals surface area (Å²) in [5, 5.41) is 21.4. The zero-order chi connectivity index (χ0) is 22.8. The van der Waals surface area contributed by atoms with Crippen LogP contribution < -0.4 is 9.64 Å². The summed E-state index contributed by atoms with van der Waals surface area (Å²) in [7, 11) is 5.27. The van der Waals surface area contributed by atoms with Gasteiger partial charge in [-0.15, -0.1) is 0 Å². The van der Waals surface area contributed by atoms with Crippen LogP contribution in [0, 0.1) is 10.1 Å². The van der Waals surface area contributed by atoms with Gasteiger partial charge in [-0.1, -0.05) is 0 Å². The Labute approximate surface area is 183 Å². The van der Waals surface area contributed by atoms with Crippen LogP contribution in [0.4, 0.5) is 17.1 Å². The Morgan fingerprint density at radius 3 is 2.56 bits per heavy atom. The minimum absolute atomic E-state index is 0.00229. The summed E-state index contributed by atoms with van der Waals surface area (Å²) in [6, 6.07) is 15.5. The van der Waals surface area contributed by atoms with Crippen molar-refractivity contribution in [2.45, 2.75) is 0 Å². The molecular formula is C23H20N4O5. The molecule has 0 amide bonds. The molecule has 0 radical (unpaired) electrons. The lowest BCUT2D eigenvalue weighted by Gasteiger charge is -2.11. The lowest BCUT2D eigenvalue weighted by atomic mass is 10.1. The Bertz CT molecular complexity index is 1330. The van der Waals surface area contributed by atoms with Gasteiger partial charge in [0, 0.05) is 43.2 Å². The van der Waals surface area contributed by atoms with Gasteiger partial charge >= 0.3 is 0 Å². The van der Waals surface area contributed by atoms with E-state index in [1.165, 1.54) is 19.4 Å². The smallest absolute Gasteiger partial charge is 0.274 e. The minimum atomic E-state index is -0.562. The molecule has 0 aliphatic rings. The largest absolute Gasteiger partial charge is 0.504 e. The zero-order valence-corrected chi connectivity index (χ0v) is 17.6. The number of aromatic hydroxyl groups is 1. The highest BCUT2D eigenvalue weighted by atomic mass is 16.6. The summed E-state index contributed by atoms with van der Waals surface area (Å²) in [4.78, 5) is 21.4. The van der Waals surface area contributed by atoms with Crippen LogP contribution in [0.2, 0.25) is 0 Å².